The second kappa shape index (κ2) is 9.35. The first-order valence-electron chi connectivity index (χ1n) is 10.8. The van der Waals surface area contributed by atoms with Crippen LogP contribution in [-0.4, -0.2) is 60.4 Å². The molecule has 3 N–H and O–H groups in total. The molecule has 0 aliphatic carbocycles. The molecule has 1 atom stereocenters. The summed E-state index contributed by atoms with van der Waals surface area (Å²) >= 11 is 1.35. The summed E-state index contributed by atoms with van der Waals surface area (Å²) in [5.74, 6) is 0.748. The van der Waals surface area contributed by atoms with Crippen LogP contribution in [0.1, 0.15) is 12.8 Å². The number of thiazole rings is 1. The van der Waals surface area contributed by atoms with E-state index < -0.39 is 0 Å². The van der Waals surface area contributed by atoms with Crippen molar-refractivity contribution >= 4 is 23.1 Å². The maximum absolute atomic E-state index is 13.7. The number of hydrogen-bond acceptors (Lipinski definition) is 8. The van der Waals surface area contributed by atoms with Gasteiger partial charge < -0.3 is 20.3 Å². The maximum Gasteiger partial charge on any atom is 0.264 e. The van der Waals surface area contributed by atoms with E-state index in [-0.39, 0.29) is 17.4 Å². The lowest BCUT2D eigenvalue weighted by molar-refractivity contribution is 0.122. The molecule has 0 unspecified atom stereocenters. The van der Waals surface area contributed by atoms with Crippen molar-refractivity contribution < 1.29 is 9.13 Å². The van der Waals surface area contributed by atoms with Crippen LogP contribution in [0.15, 0.2) is 34.4 Å². The summed E-state index contributed by atoms with van der Waals surface area (Å²) in [4.78, 5) is 27.7. The third kappa shape index (κ3) is 4.52. The normalized spacial score (nSPS) is 19.2. The monoisotopic (exact) mass is 456 g/mol. The van der Waals surface area contributed by atoms with Crippen molar-refractivity contribution in [2.45, 2.75) is 18.9 Å². The number of morpholine rings is 1. The van der Waals surface area contributed by atoms with Crippen LogP contribution < -0.4 is 21.1 Å². The second-order valence-electron chi connectivity index (χ2n) is 7.95. The number of aromatic nitrogens is 3. The number of nitrogens with zero attached hydrogens (tertiary/aromatic N) is 3. The molecule has 0 spiro atoms. The molecule has 1 aromatic carbocycles. The number of halogens is 1. The highest BCUT2D eigenvalue weighted by Crippen LogP contribution is 2.32. The van der Waals surface area contributed by atoms with Gasteiger partial charge in [0.15, 0.2) is 0 Å². The minimum absolute atomic E-state index is 0.178. The number of aromatic amines is 1. The summed E-state index contributed by atoms with van der Waals surface area (Å²) in [5, 5.41) is 9.26. The first kappa shape index (κ1) is 21.0. The van der Waals surface area contributed by atoms with E-state index >= 15 is 0 Å². The standard InChI is InChI=1S/C22H25FN6O2S/c23-15-4-1-3-14(11-15)17-13-32-21(26-17)18-19(25-16-5-2-6-24-12-16)27-22(28-20(18)30)29-7-9-31-10-8-29/h1,3-4,11,13,16,24H,2,5-10,12H2,(H2,25,27,28,30)/t16-/m1/s1. The molecule has 2 aromatic heterocycles. The molecule has 2 aliphatic rings. The molecule has 2 aliphatic heterocycles. The van der Waals surface area contributed by atoms with Gasteiger partial charge >= 0.3 is 0 Å². The molecule has 32 heavy (non-hydrogen) atoms. The number of nitrogens with one attached hydrogen (secondary N) is 3. The van der Waals surface area contributed by atoms with Gasteiger partial charge in [-0.1, -0.05) is 12.1 Å². The summed E-state index contributed by atoms with van der Waals surface area (Å²) in [6, 6.07) is 6.47. The molecular formula is C22H25FN6O2S. The van der Waals surface area contributed by atoms with Crippen molar-refractivity contribution in [3.63, 3.8) is 0 Å². The smallest absolute Gasteiger partial charge is 0.264 e. The molecule has 3 aromatic rings. The number of piperidine rings is 1. The van der Waals surface area contributed by atoms with Crippen molar-refractivity contribution in [2.75, 3.05) is 49.6 Å². The molecule has 10 heteroatoms. The number of hydrogen-bond donors (Lipinski definition) is 3. The van der Waals surface area contributed by atoms with Crippen LogP contribution in [-0.2, 0) is 4.74 Å². The number of anilines is 2. The van der Waals surface area contributed by atoms with E-state index in [1.54, 1.807) is 12.1 Å². The summed E-state index contributed by atoms with van der Waals surface area (Å²) in [7, 11) is 0. The predicted molar refractivity (Wildman–Crippen MR) is 124 cm³/mol. The fraction of sp³-hybridized carbons (Fsp3) is 0.409. The zero-order valence-electron chi connectivity index (χ0n) is 17.6. The molecule has 0 bridgehead atoms. The number of benzene rings is 1. The highest BCUT2D eigenvalue weighted by Gasteiger charge is 2.23. The van der Waals surface area contributed by atoms with E-state index in [2.05, 4.69) is 20.6 Å². The molecule has 2 fully saturated rings. The summed E-state index contributed by atoms with van der Waals surface area (Å²) in [6.07, 6.45) is 2.06. The van der Waals surface area contributed by atoms with Gasteiger partial charge in [-0.25, -0.2) is 9.37 Å². The second-order valence-corrected chi connectivity index (χ2v) is 8.81. The molecule has 0 amide bonds. The SMILES string of the molecule is O=c1[nH]c(N2CCOCC2)nc(N[C@@H]2CCCNC2)c1-c1nc(-c2cccc(F)c2)cs1. The van der Waals surface area contributed by atoms with E-state index in [0.29, 0.717) is 59.9 Å². The van der Waals surface area contributed by atoms with Crippen molar-refractivity contribution in [2.24, 2.45) is 0 Å². The van der Waals surface area contributed by atoms with Crippen molar-refractivity contribution in [1.82, 2.24) is 20.3 Å². The summed E-state index contributed by atoms with van der Waals surface area (Å²) in [6.45, 7) is 4.36. The summed E-state index contributed by atoms with van der Waals surface area (Å²) in [5.41, 5.74) is 1.48. The van der Waals surface area contributed by atoms with Gasteiger partial charge in [-0.3, -0.25) is 9.78 Å². The van der Waals surface area contributed by atoms with Gasteiger partial charge in [-0.15, -0.1) is 11.3 Å². The van der Waals surface area contributed by atoms with Gasteiger partial charge in [0, 0.05) is 36.6 Å². The minimum Gasteiger partial charge on any atom is -0.378 e. The van der Waals surface area contributed by atoms with Gasteiger partial charge in [0.05, 0.1) is 18.9 Å². The van der Waals surface area contributed by atoms with Crippen LogP contribution in [0.4, 0.5) is 16.2 Å². The average molecular weight is 457 g/mol. The molecule has 0 radical (unpaired) electrons. The quantitative estimate of drug-likeness (QED) is 0.543. The topological polar surface area (TPSA) is 95.2 Å². The first-order valence-corrected chi connectivity index (χ1v) is 11.7. The van der Waals surface area contributed by atoms with E-state index in [9.17, 15) is 9.18 Å². The zero-order valence-corrected chi connectivity index (χ0v) is 18.4. The highest BCUT2D eigenvalue weighted by atomic mass is 32.1. The number of rotatable bonds is 5. The van der Waals surface area contributed by atoms with Crippen LogP contribution in [0, 0.1) is 5.82 Å². The fourth-order valence-corrected chi connectivity index (χ4v) is 4.90. The number of ether oxygens (including phenoxy) is 1. The van der Waals surface area contributed by atoms with Crippen molar-refractivity contribution in [1.29, 1.82) is 0 Å². The molecule has 0 saturated carbocycles. The van der Waals surface area contributed by atoms with Crippen LogP contribution in [0.25, 0.3) is 21.8 Å². The van der Waals surface area contributed by atoms with Gasteiger partial charge in [-0.2, -0.15) is 4.98 Å². The Hall–Kier alpha value is -2.82. The lowest BCUT2D eigenvalue weighted by atomic mass is 10.1. The number of H-pyrrole nitrogens is 1. The fourth-order valence-electron chi connectivity index (χ4n) is 4.03. The largest absolute Gasteiger partial charge is 0.378 e. The molecule has 2 saturated heterocycles. The highest BCUT2D eigenvalue weighted by molar-refractivity contribution is 7.13. The van der Waals surface area contributed by atoms with Gasteiger partial charge in [-0.05, 0) is 31.5 Å². The van der Waals surface area contributed by atoms with E-state index in [1.165, 1.54) is 23.5 Å². The van der Waals surface area contributed by atoms with Crippen LogP contribution in [0.2, 0.25) is 0 Å². The van der Waals surface area contributed by atoms with Gasteiger partial charge in [0.1, 0.15) is 22.2 Å². The van der Waals surface area contributed by atoms with Crippen molar-refractivity contribution in [3.8, 4) is 21.8 Å². The zero-order chi connectivity index (χ0) is 21.9. The van der Waals surface area contributed by atoms with Crippen LogP contribution in [0.3, 0.4) is 0 Å². The lowest BCUT2D eigenvalue weighted by Crippen LogP contribution is -2.40. The van der Waals surface area contributed by atoms with E-state index in [1.807, 2.05) is 10.3 Å². The van der Waals surface area contributed by atoms with Gasteiger partial charge in [0.2, 0.25) is 5.95 Å². The van der Waals surface area contributed by atoms with Crippen molar-refractivity contribution in [3.05, 3.63) is 45.8 Å². The third-order valence-corrected chi connectivity index (χ3v) is 6.55. The van der Waals surface area contributed by atoms with E-state index in [0.717, 1.165) is 25.9 Å². The Morgan fingerprint density at radius 3 is 2.91 bits per heavy atom. The molecule has 4 heterocycles. The Kier molecular flexibility index (Phi) is 6.15. The molecular weight excluding hydrogens is 431 g/mol. The summed E-state index contributed by atoms with van der Waals surface area (Å²) < 4.78 is 19.1. The third-order valence-electron chi connectivity index (χ3n) is 5.69. The first-order chi connectivity index (χ1) is 15.7. The average Bonchev–Trinajstić information content (AvgIpc) is 3.30. The molecule has 5 rings (SSSR count). The lowest BCUT2D eigenvalue weighted by Gasteiger charge is -2.29. The van der Waals surface area contributed by atoms with Crippen LogP contribution in [0.5, 0.6) is 0 Å². The Balaban J connectivity index is 1.53. The Morgan fingerprint density at radius 2 is 2.12 bits per heavy atom. The Bertz CT molecular complexity index is 1140. The van der Waals surface area contributed by atoms with Gasteiger partial charge in [0.25, 0.3) is 5.56 Å². The van der Waals surface area contributed by atoms with E-state index in [4.69, 9.17) is 9.72 Å². The maximum atomic E-state index is 13.7. The molecule has 8 nitrogen and oxygen atoms in total. The van der Waals surface area contributed by atoms with Crippen LogP contribution >= 0.6 is 11.3 Å². The Labute approximate surface area is 188 Å². The Morgan fingerprint density at radius 1 is 1.25 bits per heavy atom. The molecule has 168 valence electrons. The minimum atomic E-state index is -0.321. The predicted octanol–water partition coefficient (Wildman–Crippen LogP) is 2.70.